The van der Waals surface area contributed by atoms with Crippen LogP contribution in [0.4, 0.5) is 4.39 Å². The summed E-state index contributed by atoms with van der Waals surface area (Å²) in [7, 11) is 0. The van der Waals surface area contributed by atoms with Crippen LogP contribution in [0.1, 0.15) is 18.9 Å². The summed E-state index contributed by atoms with van der Waals surface area (Å²) >= 11 is 5.79. The van der Waals surface area contributed by atoms with Crippen molar-refractivity contribution in [2.24, 2.45) is 0 Å². The molecule has 0 aliphatic carbocycles. The Balaban J connectivity index is 2.67. The number of aryl methyl sites for hydroxylation is 1. The highest BCUT2D eigenvalue weighted by atomic mass is 35.5. The largest absolute Gasteiger partial charge is 0.393 e. The average Bonchev–Trinajstić information content (AvgIpc) is 2.02. The normalized spacial score (nSPS) is 12.9. The second-order valence-electron chi connectivity index (χ2n) is 3.12. The van der Waals surface area contributed by atoms with Gasteiger partial charge < -0.3 is 5.11 Å². The SMILES string of the molecule is C[C@@H](O)CCc1ccc(F)cc1Cl. The first kappa shape index (κ1) is 10.5. The van der Waals surface area contributed by atoms with Gasteiger partial charge in [-0.2, -0.15) is 0 Å². The summed E-state index contributed by atoms with van der Waals surface area (Å²) in [5.41, 5.74) is 0.879. The highest BCUT2D eigenvalue weighted by Crippen LogP contribution is 2.19. The Hall–Kier alpha value is -0.600. The number of rotatable bonds is 3. The van der Waals surface area contributed by atoms with E-state index in [9.17, 15) is 4.39 Å². The smallest absolute Gasteiger partial charge is 0.124 e. The minimum Gasteiger partial charge on any atom is -0.393 e. The van der Waals surface area contributed by atoms with Gasteiger partial charge in [0.15, 0.2) is 0 Å². The lowest BCUT2D eigenvalue weighted by atomic mass is 10.1. The Labute approximate surface area is 82.2 Å². The first-order chi connectivity index (χ1) is 6.09. The molecule has 0 spiro atoms. The van der Waals surface area contributed by atoms with Gasteiger partial charge in [-0.25, -0.2) is 4.39 Å². The highest BCUT2D eigenvalue weighted by molar-refractivity contribution is 6.31. The summed E-state index contributed by atoms with van der Waals surface area (Å²) < 4.78 is 12.6. The third-order valence-electron chi connectivity index (χ3n) is 1.85. The van der Waals surface area contributed by atoms with Crippen LogP contribution in [0, 0.1) is 5.82 Å². The third-order valence-corrected chi connectivity index (χ3v) is 2.20. The average molecular weight is 203 g/mol. The van der Waals surface area contributed by atoms with Gasteiger partial charge in [0.2, 0.25) is 0 Å². The predicted molar refractivity (Wildman–Crippen MR) is 51.4 cm³/mol. The molecule has 0 saturated carbocycles. The summed E-state index contributed by atoms with van der Waals surface area (Å²) in [6.45, 7) is 1.72. The van der Waals surface area contributed by atoms with Crippen LogP contribution in [0.3, 0.4) is 0 Å². The summed E-state index contributed by atoms with van der Waals surface area (Å²) in [5.74, 6) is -0.328. The molecule has 0 aliphatic rings. The number of halogens is 2. The van der Waals surface area contributed by atoms with E-state index < -0.39 is 0 Å². The van der Waals surface area contributed by atoms with Crippen LogP contribution >= 0.6 is 11.6 Å². The van der Waals surface area contributed by atoms with Gasteiger partial charge in [-0.15, -0.1) is 0 Å². The van der Waals surface area contributed by atoms with Crippen molar-refractivity contribution >= 4 is 11.6 Å². The van der Waals surface area contributed by atoms with Crippen molar-refractivity contribution in [3.8, 4) is 0 Å². The van der Waals surface area contributed by atoms with Crippen molar-refractivity contribution < 1.29 is 9.50 Å². The Kier molecular flexibility index (Phi) is 3.70. The Morgan fingerprint density at radius 2 is 2.23 bits per heavy atom. The van der Waals surface area contributed by atoms with E-state index in [1.165, 1.54) is 12.1 Å². The maximum absolute atomic E-state index is 12.6. The van der Waals surface area contributed by atoms with E-state index in [1.807, 2.05) is 0 Å². The predicted octanol–water partition coefficient (Wildman–Crippen LogP) is 2.79. The van der Waals surface area contributed by atoms with Crippen LogP contribution in [0.15, 0.2) is 18.2 Å². The Bertz CT molecular complexity index is 286. The topological polar surface area (TPSA) is 20.2 Å². The summed E-state index contributed by atoms with van der Waals surface area (Å²) in [5, 5.41) is 9.47. The monoisotopic (exact) mass is 202 g/mol. The zero-order valence-corrected chi connectivity index (χ0v) is 8.18. The van der Waals surface area contributed by atoms with Crippen LogP contribution in [-0.4, -0.2) is 11.2 Å². The van der Waals surface area contributed by atoms with Crippen molar-refractivity contribution in [1.29, 1.82) is 0 Å². The van der Waals surface area contributed by atoms with Crippen LogP contribution in [-0.2, 0) is 6.42 Å². The van der Waals surface area contributed by atoms with Gasteiger partial charge in [0, 0.05) is 5.02 Å². The van der Waals surface area contributed by atoms with Gasteiger partial charge >= 0.3 is 0 Å². The zero-order chi connectivity index (χ0) is 9.84. The number of benzene rings is 1. The molecule has 0 saturated heterocycles. The minimum absolute atomic E-state index is 0.328. The molecular formula is C10H12ClFO. The van der Waals surface area contributed by atoms with E-state index in [0.29, 0.717) is 17.9 Å². The molecule has 1 atom stereocenters. The Morgan fingerprint density at radius 3 is 2.77 bits per heavy atom. The van der Waals surface area contributed by atoms with Gasteiger partial charge in [-0.3, -0.25) is 0 Å². The molecule has 72 valence electrons. The summed E-state index contributed by atoms with van der Waals surface area (Å²) in [6, 6.07) is 4.32. The maximum Gasteiger partial charge on any atom is 0.124 e. The quantitative estimate of drug-likeness (QED) is 0.799. The molecule has 1 aromatic rings. The van der Waals surface area contributed by atoms with E-state index in [2.05, 4.69) is 0 Å². The van der Waals surface area contributed by atoms with Crippen molar-refractivity contribution in [2.75, 3.05) is 0 Å². The number of hydrogen-bond acceptors (Lipinski definition) is 1. The lowest BCUT2D eigenvalue weighted by Gasteiger charge is -2.05. The van der Waals surface area contributed by atoms with Gasteiger partial charge in [-0.05, 0) is 37.5 Å². The molecule has 13 heavy (non-hydrogen) atoms. The molecule has 1 N–H and O–H groups in total. The molecule has 0 aromatic heterocycles. The molecule has 0 bridgehead atoms. The molecule has 0 heterocycles. The van der Waals surface area contributed by atoms with E-state index in [4.69, 9.17) is 16.7 Å². The molecule has 1 aromatic carbocycles. The van der Waals surface area contributed by atoms with Gasteiger partial charge in [0.05, 0.1) is 6.10 Å². The van der Waals surface area contributed by atoms with Crippen molar-refractivity contribution in [3.05, 3.63) is 34.6 Å². The fourth-order valence-electron chi connectivity index (χ4n) is 1.09. The fourth-order valence-corrected chi connectivity index (χ4v) is 1.35. The van der Waals surface area contributed by atoms with Gasteiger partial charge in [-0.1, -0.05) is 17.7 Å². The fraction of sp³-hybridized carbons (Fsp3) is 0.400. The first-order valence-corrected chi connectivity index (χ1v) is 4.59. The number of aliphatic hydroxyl groups excluding tert-OH is 1. The summed E-state index contributed by atoms with van der Waals surface area (Å²) in [4.78, 5) is 0. The van der Waals surface area contributed by atoms with Crippen molar-refractivity contribution in [3.63, 3.8) is 0 Å². The van der Waals surface area contributed by atoms with Crippen LogP contribution in [0.5, 0.6) is 0 Å². The lowest BCUT2D eigenvalue weighted by molar-refractivity contribution is 0.185. The van der Waals surface area contributed by atoms with Crippen LogP contribution in [0.2, 0.25) is 5.02 Å². The standard InChI is InChI=1S/C10H12ClFO/c1-7(13)2-3-8-4-5-9(12)6-10(8)11/h4-7,13H,2-3H2,1H3/t7-/m1/s1. The van der Waals surface area contributed by atoms with Gasteiger partial charge in [0.1, 0.15) is 5.82 Å². The van der Waals surface area contributed by atoms with Crippen molar-refractivity contribution in [1.82, 2.24) is 0 Å². The molecule has 3 heteroatoms. The highest BCUT2D eigenvalue weighted by Gasteiger charge is 2.03. The summed E-state index contributed by atoms with van der Waals surface area (Å²) in [6.07, 6.45) is 0.975. The number of aliphatic hydroxyl groups is 1. The first-order valence-electron chi connectivity index (χ1n) is 4.21. The van der Waals surface area contributed by atoms with E-state index in [0.717, 1.165) is 5.56 Å². The molecular weight excluding hydrogens is 191 g/mol. The van der Waals surface area contributed by atoms with E-state index in [1.54, 1.807) is 13.0 Å². The second kappa shape index (κ2) is 4.58. The van der Waals surface area contributed by atoms with Crippen molar-refractivity contribution in [2.45, 2.75) is 25.9 Å². The van der Waals surface area contributed by atoms with Crippen LogP contribution < -0.4 is 0 Å². The molecule has 0 aliphatic heterocycles. The second-order valence-corrected chi connectivity index (χ2v) is 3.53. The molecule has 0 amide bonds. The molecule has 0 fully saturated rings. The van der Waals surface area contributed by atoms with E-state index >= 15 is 0 Å². The molecule has 0 unspecified atom stereocenters. The zero-order valence-electron chi connectivity index (χ0n) is 7.43. The molecule has 0 radical (unpaired) electrons. The molecule has 1 nitrogen and oxygen atoms in total. The minimum atomic E-state index is -0.346. The van der Waals surface area contributed by atoms with Gasteiger partial charge in [0.25, 0.3) is 0 Å². The number of hydrogen-bond donors (Lipinski definition) is 1. The Morgan fingerprint density at radius 1 is 1.54 bits per heavy atom. The van der Waals surface area contributed by atoms with E-state index in [-0.39, 0.29) is 11.9 Å². The maximum atomic E-state index is 12.6. The van der Waals surface area contributed by atoms with Crippen LogP contribution in [0.25, 0.3) is 0 Å². The third kappa shape index (κ3) is 3.33. The molecule has 1 rings (SSSR count). The lowest BCUT2D eigenvalue weighted by Crippen LogP contribution is -2.01.